The monoisotopic (exact) mass is 239 g/mol. The minimum Gasteiger partial charge on any atom is -0.393 e. The fourth-order valence-electron chi connectivity index (χ4n) is 2.87. The topological polar surface area (TPSA) is 23.5 Å². The van der Waals surface area contributed by atoms with Gasteiger partial charge in [-0.05, 0) is 40.5 Å². The Morgan fingerprint density at radius 1 is 1.12 bits per heavy atom. The highest BCUT2D eigenvalue weighted by Crippen LogP contribution is 2.40. The molecular weight excluding hydrogens is 219 g/mol. The maximum atomic E-state index is 12.5. The van der Waals surface area contributed by atoms with Gasteiger partial charge in [0, 0.05) is 11.1 Å². The zero-order chi connectivity index (χ0) is 12.8. The molecule has 0 bridgehead atoms. The summed E-state index contributed by atoms with van der Waals surface area (Å²) in [5.41, 5.74) is -1.26. The molecule has 0 aromatic carbocycles. The fourth-order valence-corrected chi connectivity index (χ4v) is 2.87. The molecule has 0 aliphatic carbocycles. The first-order valence-electron chi connectivity index (χ1n) is 5.47. The molecule has 1 rings (SSSR count). The van der Waals surface area contributed by atoms with Gasteiger partial charge in [-0.3, -0.25) is 4.90 Å². The molecule has 0 atom stereocenters. The van der Waals surface area contributed by atoms with Gasteiger partial charge in [-0.15, -0.1) is 0 Å². The van der Waals surface area contributed by atoms with Crippen LogP contribution in [0.4, 0.5) is 13.2 Å². The normalized spacial score (nSPS) is 27.0. The van der Waals surface area contributed by atoms with Crippen molar-refractivity contribution in [3.63, 3.8) is 0 Å². The molecule has 0 unspecified atom stereocenters. The molecule has 0 spiro atoms. The third-order valence-corrected chi connectivity index (χ3v) is 3.27. The molecule has 1 aliphatic rings. The minimum atomic E-state index is -4.20. The number of halogens is 3. The number of piperidine rings is 1. The fraction of sp³-hybridized carbons (Fsp3) is 1.00. The summed E-state index contributed by atoms with van der Waals surface area (Å²) >= 11 is 0. The molecule has 1 heterocycles. The van der Waals surface area contributed by atoms with Crippen LogP contribution in [0.5, 0.6) is 0 Å². The summed E-state index contributed by atoms with van der Waals surface area (Å²) in [5.74, 6) is 0. The van der Waals surface area contributed by atoms with E-state index in [2.05, 4.69) is 0 Å². The lowest BCUT2D eigenvalue weighted by Gasteiger charge is -2.54. The molecule has 2 nitrogen and oxygen atoms in total. The van der Waals surface area contributed by atoms with Gasteiger partial charge in [-0.2, -0.15) is 13.2 Å². The van der Waals surface area contributed by atoms with E-state index in [-0.39, 0.29) is 0 Å². The second-order valence-electron chi connectivity index (χ2n) is 5.89. The molecule has 0 aromatic rings. The maximum absolute atomic E-state index is 12.5. The van der Waals surface area contributed by atoms with Crippen LogP contribution >= 0.6 is 0 Å². The Labute approximate surface area is 94.4 Å². The molecule has 1 N–H and O–H groups in total. The summed E-state index contributed by atoms with van der Waals surface area (Å²) in [4.78, 5) is 1.45. The van der Waals surface area contributed by atoms with Crippen LogP contribution in [0.1, 0.15) is 40.5 Å². The first-order valence-corrected chi connectivity index (χ1v) is 5.47. The Hall–Kier alpha value is -0.290. The number of nitrogens with zero attached hydrogens (tertiary/aromatic N) is 1. The van der Waals surface area contributed by atoms with E-state index < -0.39 is 29.9 Å². The molecule has 0 aromatic heterocycles. The lowest BCUT2D eigenvalue weighted by molar-refractivity contribution is -0.190. The first kappa shape index (κ1) is 13.8. The van der Waals surface area contributed by atoms with Crippen molar-refractivity contribution < 1.29 is 18.3 Å². The van der Waals surface area contributed by atoms with Gasteiger partial charge >= 0.3 is 6.18 Å². The lowest BCUT2D eigenvalue weighted by Crippen LogP contribution is -2.63. The zero-order valence-corrected chi connectivity index (χ0v) is 10.2. The molecule has 96 valence electrons. The Morgan fingerprint density at radius 2 is 1.50 bits per heavy atom. The van der Waals surface area contributed by atoms with Gasteiger partial charge < -0.3 is 5.11 Å². The summed E-state index contributed by atoms with van der Waals surface area (Å²) in [6, 6.07) is 0. The predicted octanol–water partition coefficient (Wildman–Crippen LogP) is 2.56. The van der Waals surface area contributed by atoms with E-state index >= 15 is 0 Å². The number of hydrogen-bond acceptors (Lipinski definition) is 2. The smallest absolute Gasteiger partial charge is 0.393 e. The second-order valence-corrected chi connectivity index (χ2v) is 5.89. The molecular formula is C11H20F3NO. The van der Waals surface area contributed by atoms with Gasteiger partial charge in [-0.25, -0.2) is 0 Å². The van der Waals surface area contributed by atoms with Crippen molar-refractivity contribution in [2.24, 2.45) is 0 Å². The highest BCUT2D eigenvalue weighted by Gasteiger charge is 2.48. The van der Waals surface area contributed by atoms with Gasteiger partial charge in [0.15, 0.2) is 0 Å². The van der Waals surface area contributed by atoms with Crippen LogP contribution in [0.2, 0.25) is 0 Å². The van der Waals surface area contributed by atoms with Gasteiger partial charge in [0.2, 0.25) is 0 Å². The molecule has 1 saturated heterocycles. The highest BCUT2D eigenvalue weighted by atomic mass is 19.4. The standard InChI is InChI=1S/C11H20F3NO/c1-9(2)5-8(16)6-10(3,4)15(9)7-11(12,13)14/h8,16H,5-7H2,1-4H3. The molecule has 1 aliphatic heterocycles. The number of aliphatic hydroxyl groups excluding tert-OH is 1. The number of likely N-dealkylation sites (tertiary alicyclic amines) is 1. The highest BCUT2D eigenvalue weighted by molar-refractivity contribution is 5.00. The van der Waals surface area contributed by atoms with Crippen molar-refractivity contribution in [3.05, 3.63) is 0 Å². The third kappa shape index (κ3) is 3.10. The minimum absolute atomic E-state index is 0.381. The second kappa shape index (κ2) is 3.88. The van der Waals surface area contributed by atoms with Crippen LogP contribution in [0.15, 0.2) is 0 Å². The molecule has 0 amide bonds. The van der Waals surface area contributed by atoms with E-state index in [9.17, 15) is 18.3 Å². The quantitative estimate of drug-likeness (QED) is 0.760. The van der Waals surface area contributed by atoms with E-state index in [4.69, 9.17) is 0 Å². The van der Waals surface area contributed by atoms with E-state index in [0.29, 0.717) is 12.8 Å². The van der Waals surface area contributed by atoms with Crippen molar-refractivity contribution in [3.8, 4) is 0 Å². The van der Waals surface area contributed by atoms with Crippen LogP contribution in [0, 0.1) is 0 Å². The Kier molecular flexibility index (Phi) is 3.34. The summed E-state index contributed by atoms with van der Waals surface area (Å²) in [5, 5.41) is 9.69. The molecule has 0 radical (unpaired) electrons. The van der Waals surface area contributed by atoms with Crippen molar-refractivity contribution in [1.29, 1.82) is 0 Å². The van der Waals surface area contributed by atoms with Gasteiger partial charge in [0.25, 0.3) is 0 Å². The lowest BCUT2D eigenvalue weighted by atomic mass is 9.78. The van der Waals surface area contributed by atoms with Crippen molar-refractivity contribution in [2.45, 2.75) is 63.9 Å². The Balaban J connectivity index is 2.93. The van der Waals surface area contributed by atoms with E-state index in [1.165, 1.54) is 4.90 Å². The number of rotatable bonds is 1. The maximum Gasteiger partial charge on any atom is 0.401 e. The van der Waals surface area contributed by atoms with Crippen LogP contribution in [0.25, 0.3) is 0 Å². The van der Waals surface area contributed by atoms with Crippen molar-refractivity contribution in [2.75, 3.05) is 6.54 Å². The van der Waals surface area contributed by atoms with E-state index in [1.54, 1.807) is 27.7 Å². The summed E-state index contributed by atoms with van der Waals surface area (Å²) < 4.78 is 37.6. The Bertz CT molecular complexity index is 242. The predicted molar refractivity (Wildman–Crippen MR) is 56.2 cm³/mol. The van der Waals surface area contributed by atoms with Gasteiger partial charge in [0.05, 0.1) is 12.6 Å². The molecule has 5 heteroatoms. The van der Waals surface area contributed by atoms with Crippen LogP contribution < -0.4 is 0 Å². The average Bonchev–Trinajstić information content (AvgIpc) is 1.92. The third-order valence-electron chi connectivity index (χ3n) is 3.27. The number of hydrogen-bond donors (Lipinski definition) is 1. The molecule has 1 fully saturated rings. The summed E-state index contributed by atoms with van der Waals surface area (Å²) in [6.07, 6.45) is -3.95. The van der Waals surface area contributed by atoms with Crippen LogP contribution in [0.3, 0.4) is 0 Å². The van der Waals surface area contributed by atoms with Gasteiger partial charge in [0.1, 0.15) is 0 Å². The molecule has 0 saturated carbocycles. The van der Waals surface area contributed by atoms with E-state index in [1.807, 2.05) is 0 Å². The zero-order valence-electron chi connectivity index (χ0n) is 10.2. The summed E-state index contributed by atoms with van der Waals surface area (Å²) in [7, 11) is 0. The van der Waals surface area contributed by atoms with Crippen molar-refractivity contribution in [1.82, 2.24) is 4.90 Å². The number of alkyl halides is 3. The van der Waals surface area contributed by atoms with Crippen LogP contribution in [-0.2, 0) is 0 Å². The first-order chi connectivity index (χ1) is 6.94. The summed E-state index contributed by atoms with van der Waals surface area (Å²) in [6.45, 7) is 6.09. The SMILES string of the molecule is CC1(C)CC(O)CC(C)(C)N1CC(F)(F)F. The van der Waals surface area contributed by atoms with Crippen LogP contribution in [-0.4, -0.2) is 39.9 Å². The largest absolute Gasteiger partial charge is 0.401 e. The molecule has 16 heavy (non-hydrogen) atoms. The Morgan fingerprint density at radius 3 is 1.81 bits per heavy atom. The van der Waals surface area contributed by atoms with Gasteiger partial charge in [-0.1, -0.05) is 0 Å². The number of aliphatic hydroxyl groups is 1. The van der Waals surface area contributed by atoms with Crippen molar-refractivity contribution >= 4 is 0 Å². The van der Waals surface area contributed by atoms with E-state index in [0.717, 1.165) is 0 Å². The average molecular weight is 239 g/mol.